The van der Waals surface area contributed by atoms with E-state index in [1.165, 1.54) is 11.0 Å². The molecule has 2 amide bonds. The minimum Gasteiger partial charge on any atom is -0.462 e. The maximum absolute atomic E-state index is 15.9. The van der Waals surface area contributed by atoms with E-state index in [9.17, 15) is 4.79 Å². The zero-order chi connectivity index (χ0) is 33.0. The van der Waals surface area contributed by atoms with Crippen LogP contribution in [0.25, 0.3) is 11.1 Å². The molecule has 8 rings (SSSR count). The molecule has 5 aromatic carbocycles. The number of fused-ring (bicyclic) bond motifs is 5. The lowest BCUT2D eigenvalue weighted by atomic mass is 9.59. The summed E-state index contributed by atoms with van der Waals surface area (Å²) in [5.74, 6) is -3.76. The number of benzene rings is 5. The molecule has 2 aliphatic carbocycles. The summed E-state index contributed by atoms with van der Waals surface area (Å²) in [6.45, 7) is 1.91. The lowest BCUT2D eigenvalue weighted by molar-refractivity contribution is -0.130. The summed E-state index contributed by atoms with van der Waals surface area (Å²) in [5.41, 5.74) is 1.94. The number of hydrogen-bond donors (Lipinski definition) is 0. The van der Waals surface area contributed by atoms with Gasteiger partial charge in [0.2, 0.25) is 11.8 Å². The van der Waals surface area contributed by atoms with Gasteiger partial charge in [-0.25, -0.2) is 9.69 Å². The number of carbonyl (C=O) groups excluding carboxylic acids is 4. The van der Waals surface area contributed by atoms with Crippen molar-refractivity contribution >= 4 is 40.4 Å². The van der Waals surface area contributed by atoms with E-state index < -0.39 is 40.4 Å². The Morgan fingerprint density at radius 3 is 1.48 bits per heavy atom. The van der Waals surface area contributed by atoms with Crippen LogP contribution in [-0.4, -0.2) is 30.2 Å². The molecule has 1 saturated carbocycles. The molecule has 0 spiro atoms. The first-order chi connectivity index (χ1) is 23.5. The minimum absolute atomic E-state index is 0.179. The molecule has 234 valence electrons. The molecule has 2 fully saturated rings. The number of rotatable bonds is 7. The molecular weight excluding hydrogens is 598 g/mol. The molecule has 3 aliphatic rings. The Morgan fingerprint density at radius 2 is 1.04 bits per heavy atom. The topological polar surface area (TPSA) is 80.8 Å². The Hall–Kier alpha value is -5.88. The van der Waals surface area contributed by atoms with E-state index in [0.717, 1.165) is 22.3 Å². The average Bonchev–Trinajstić information content (AvgIpc) is 3.65. The number of esters is 1. The standard InChI is InChI=1S/C42H31NO5/c1-2-48-39(46)29-20-15-25-32(26-29)43-37(44)35-36(38(43)45)42(31-23-13-6-14-24-31)34(28-18-9-4-10-19-28)33(27-16-7-3-8-17-27)41(35,40(42)47)30-21-11-5-12-22-30/h3-26,35-36H,2H2,1H3/t35-,36-,41-,42-/m0/s1. The van der Waals surface area contributed by atoms with Gasteiger partial charge in [-0.2, -0.15) is 0 Å². The van der Waals surface area contributed by atoms with Crippen molar-refractivity contribution < 1.29 is 23.9 Å². The molecule has 4 atom stereocenters. The SMILES string of the molecule is CCOC(=O)c1cccc(N2C(=O)[C@@H]3[C@@H](C2=O)[C@@]2(c4ccccc4)C(=O)[C@@]3(c3ccccc3)C(c3ccccc3)=C2c2ccccc2)c1. The fourth-order valence-electron chi connectivity index (χ4n) is 8.57. The molecule has 1 saturated heterocycles. The van der Waals surface area contributed by atoms with Gasteiger partial charge in [-0.15, -0.1) is 0 Å². The fourth-order valence-corrected chi connectivity index (χ4v) is 8.57. The van der Waals surface area contributed by atoms with Crippen LogP contribution in [0.15, 0.2) is 146 Å². The van der Waals surface area contributed by atoms with Crippen LogP contribution in [0, 0.1) is 11.8 Å². The third-order valence-corrected chi connectivity index (χ3v) is 10.2. The third-order valence-electron chi connectivity index (χ3n) is 10.2. The third kappa shape index (κ3) is 3.80. The van der Waals surface area contributed by atoms with Crippen molar-refractivity contribution in [2.45, 2.75) is 17.8 Å². The number of Topliss-reactive ketones (excluding diaryl/α,β-unsaturated/α-hetero) is 1. The Bertz CT molecular complexity index is 2010. The minimum atomic E-state index is -1.49. The molecule has 2 bridgehead atoms. The zero-order valence-corrected chi connectivity index (χ0v) is 26.2. The first-order valence-electron chi connectivity index (χ1n) is 16.1. The van der Waals surface area contributed by atoms with Crippen molar-refractivity contribution in [3.8, 4) is 0 Å². The summed E-state index contributed by atoms with van der Waals surface area (Å²) in [5, 5.41) is 0. The molecule has 6 heteroatoms. The molecule has 0 unspecified atom stereocenters. The van der Waals surface area contributed by atoms with Gasteiger partial charge in [-0.05, 0) is 58.5 Å². The van der Waals surface area contributed by atoms with Crippen molar-refractivity contribution in [3.63, 3.8) is 0 Å². The van der Waals surface area contributed by atoms with Gasteiger partial charge < -0.3 is 4.74 Å². The monoisotopic (exact) mass is 629 g/mol. The number of amides is 2. The number of anilines is 1. The van der Waals surface area contributed by atoms with E-state index in [0.29, 0.717) is 11.1 Å². The molecule has 1 heterocycles. The van der Waals surface area contributed by atoms with E-state index in [2.05, 4.69) is 0 Å². The van der Waals surface area contributed by atoms with E-state index in [1.807, 2.05) is 121 Å². The van der Waals surface area contributed by atoms with Crippen molar-refractivity contribution in [1.29, 1.82) is 0 Å². The van der Waals surface area contributed by atoms with E-state index >= 15 is 14.4 Å². The molecule has 5 aromatic rings. The van der Waals surface area contributed by atoms with Gasteiger partial charge >= 0.3 is 5.97 Å². The maximum Gasteiger partial charge on any atom is 0.338 e. The Balaban J connectivity index is 1.49. The summed E-state index contributed by atoms with van der Waals surface area (Å²) in [4.78, 5) is 60.1. The number of hydrogen-bond acceptors (Lipinski definition) is 5. The van der Waals surface area contributed by atoms with Crippen LogP contribution < -0.4 is 4.90 Å². The number of imide groups is 1. The first-order valence-corrected chi connectivity index (χ1v) is 16.1. The summed E-state index contributed by atoms with van der Waals surface area (Å²) >= 11 is 0. The van der Waals surface area contributed by atoms with Gasteiger partial charge in [-0.1, -0.05) is 127 Å². The number of carbonyl (C=O) groups is 4. The highest BCUT2D eigenvalue weighted by Crippen LogP contribution is 2.74. The largest absolute Gasteiger partial charge is 0.462 e. The quantitative estimate of drug-likeness (QED) is 0.142. The van der Waals surface area contributed by atoms with Crippen LogP contribution in [0.4, 0.5) is 5.69 Å². The number of ketones is 1. The van der Waals surface area contributed by atoms with Gasteiger partial charge in [-0.3, -0.25) is 14.4 Å². The van der Waals surface area contributed by atoms with Crippen molar-refractivity contribution in [3.05, 3.63) is 173 Å². The van der Waals surface area contributed by atoms with Crippen LogP contribution in [0.2, 0.25) is 0 Å². The van der Waals surface area contributed by atoms with E-state index in [4.69, 9.17) is 4.74 Å². The lowest BCUT2D eigenvalue weighted by Crippen LogP contribution is -2.45. The van der Waals surface area contributed by atoms with Crippen LogP contribution in [0.5, 0.6) is 0 Å². The molecule has 0 aromatic heterocycles. The highest BCUT2D eigenvalue weighted by molar-refractivity contribution is 6.39. The Labute approximate surface area is 278 Å². The number of ether oxygens (including phenoxy) is 1. The Kier molecular flexibility index (Phi) is 6.84. The molecule has 1 aliphatic heterocycles. The summed E-state index contributed by atoms with van der Waals surface area (Å²) < 4.78 is 5.23. The molecule has 0 radical (unpaired) electrons. The van der Waals surface area contributed by atoms with Crippen LogP contribution in [0.3, 0.4) is 0 Å². The predicted octanol–water partition coefficient (Wildman–Crippen LogP) is 7.05. The first kappa shape index (κ1) is 29.5. The molecule has 6 nitrogen and oxygen atoms in total. The van der Waals surface area contributed by atoms with Gasteiger partial charge in [0.1, 0.15) is 0 Å². The second kappa shape index (κ2) is 11.1. The fraction of sp³-hybridized carbons (Fsp3) is 0.143. The molecule has 48 heavy (non-hydrogen) atoms. The smallest absolute Gasteiger partial charge is 0.338 e. The lowest BCUT2D eigenvalue weighted by Gasteiger charge is -2.39. The normalized spacial score (nSPS) is 24.3. The highest BCUT2D eigenvalue weighted by Gasteiger charge is 2.82. The number of allylic oxidation sites excluding steroid dienone is 2. The van der Waals surface area contributed by atoms with Crippen molar-refractivity contribution in [2.24, 2.45) is 11.8 Å². The van der Waals surface area contributed by atoms with Gasteiger partial charge in [0.05, 0.1) is 40.5 Å². The average molecular weight is 630 g/mol. The Morgan fingerprint density at radius 1 is 0.604 bits per heavy atom. The van der Waals surface area contributed by atoms with Crippen LogP contribution in [0.1, 0.15) is 39.5 Å². The molecular formula is C42H31NO5. The predicted molar refractivity (Wildman–Crippen MR) is 183 cm³/mol. The molecule has 0 N–H and O–H groups in total. The van der Waals surface area contributed by atoms with Crippen molar-refractivity contribution in [2.75, 3.05) is 11.5 Å². The van der Waals surface area contributed by atoms with E-state index in [1.54, 1.807) is 25.1 Å². The second-order valence-corrected chi connectivity index (χ2v) is 12.4. The summed E-state index contributed by atoms with van der Waals surface area (Å²) in [6, 6.07) is 44.8. The van der Waals surface area contributed by atoms with Gasteiger partial charge in [0, 0.05) is 0 Å². The van der Waals surface area contributed by atoms with Gasteiger partial charge in [0.25, 0.3) is 0 Å². The van der Waals surface area contributed by atoms with E-state index in [-0.39, 0.29) is 23.6 Å². The summed E-state index contributed by atoms with van der Waals surface area (Å²) in [7, 11) is 0. The van der Waals surface area contributed by atoms with Gasteiger partial charge in [0.15, 0.2) is 5.78 Å². The van der Waals surface area contributed by atoms with Crippen LogP contribution in [-0.2, 0) is 30.0 Å². The number of nitrogens with zero attached hydrogens (tertiary/aromatic N) is 1. The zero-order valence-electron chi connectivity index (χ0n) is 26.2. The second-order valence-electron chi connectivity index (χ2n) is 12.4. The van der Waals surface area contributed by atoms with Crippen molar-refractivity contribution in [1.82, 2.24) is 0 Å². The van der Waals surface area contributed by atoms with Crippen LogP contribution >= 0.6 is 0 Å². The summed E-state index contributed by atoms with van der Waals surface area (Å²) in [6.07, 6.45) is 0. The highest BCUT2D eigenvalue weighted by atomic mass is 16.5. The maximum atomic E-state index is 15.9.